The van der Waals surface area contributed by atoms with Gasteiger partial charge in [0.05, 0.1) is 39.3 Å². The Morgan fingerprint density at radius 2 is 1.07 bits per heavy atom. The van der Waals surface area contributed by atoms with Crippen molar-refractivity contribution in [3.05, 3.63) is 0 Å². The van der Waals surface area contributed by atoms with Gasteiger partial charge in [0.1, 0.15) is 0 Å². The molecule has 0 aliphatic rings. The van der Waals surface area contributed by atoms with Crippen LogP contribution < -0.4 is 22.1 Å². The van der Waals surface area contributed by atoms with Crippen LogP contribution in [0, 0.1) is 0 Å². The first-order valence-corrected chi connectivity index (χ1v) is 6.13. The lowest BCUT2D eigenvalue weighted by Crippen LogP contribution is -2.88. The molecule has 0 saturated heterocycles. The Labute approximate surface area is 87.8 Å². The normalized spacial score (nSPS) is 10.7. The monoisotopic (exact) mass is 206 g/mol. The van der Waals surface area contributed by atoms with Gasteiger partial charge in [-0.05, 0) is 0 Å². The predicted molar refractivity (Wildman–Crippen MR) is 57.3 cm³/mol. The van der Waals surface area contributed by atoms with E-state index in [-0.39, 0.29) is 0 Å². The molecule has 0 atom stereocenters. The van der Waals surface area contributed by atoms with Gasteiger partial charge in [0.25, 0.3) is 0 Å². The molecule has 0 spiro atoms. The number of rotatable bonds is 11. The van der Waals surface area contributed by atoms with E-state index in [1.54, 1.807) is 0 Å². The highest BCUT2D eigenvalue weighted by Gasteiger charge is 1.94. The predicted octanol–water partition coefficient (Wildman–Crippen LogP) is -3.84. The molecule has 0 amide bonds. The van der Waals surface area contributed by atoms with Crippen LogP contribution in [0.1, 0.15) is 25.7 Å². The molecule has 4 heteroatoms. The molecule has 0 radical (unpaired) electrons. The summed E-state index contributed by atoms with van der Waals surface area (Å²) in [6, 6.07) is 0. The van der Waals surface area contributed by atoms with Crippen LogP contribution in [0.5, 0.6) is 0 Å². The average molecular weight is 206 g/mol. The summed E-state index contributed by atoms with van der Waals surface area (Å²) in [7, 11) is 0. The summed E-state index contributed by atoms with van der Waals surface area (Å²) in [6.45, 7) is 7.28. The van der Waals surface area contributed by atoms with Crippen molar-refractivity contribution in [1.29, 1.82) is 0 Å². The molecule has 4 nitrogen and oxygen atoms in total. The molecule has 0 aromatic heterocycles. The maximum absolute atomic E-state index is 3.84. The number of hydrogen-bond acceptors (Lipinski definition) is 0. The van der Waals surface area contributed by atoms with Gasteiger partial charge in [-0.3, -0.25) is 0 Å². The molecule has 86 valence electrons. The smallest absolute Gasteiger partial charge is 0.0809 e. The van der Waals surface area contributed by atoms with Crippen molar-refractivity contribution in [2.45, 2.75) is 25.7 Å². The van der Waals surface area contributed by atoms with Gasteiger partial charge in [0.2, 0.25) is 0 Å². The molecule has 0 aliphatic heterocycles. The molecule has 0 aromatic carbocycles. The van der Waals surface area contributed by atoms with Gasteiger partial charge >= 0.3 is 0 Å². The van der Waals surface area contributed by atoms with Gasteiger partial charge in [-0.2, -0.15) is 0 Å². The van der Waals surface area contributed by atoms with E-state index in [0.717, 1.165) is 13.1 Å². The van der Waals surface area contributed by atoms with Crippen LogP contribution in [0.4, 0.5) is 0 Å². The molecule has 0 unspecified atom stereocenters. The molecule has 0 saturated carbocycles. The van der Waals surface area contributed by atoms with E-state index in [1.807, 2.05) is 0 Å². The number of hydrogen-bond donors (Lipinski definition) is 4. The van der Waals surface area contributed by atoms with Crippen LogP contribution in [-0.4, -0.2) is 39.3 Å². The number of unbranched alkanes of at least 4 members (excludes halogenated alkanes) is 1. The maximum atomic E-state index is 3.84. The van der Waals surface area contributed by atoms with Crippen molar-refractivity contribution in [3.8, 4) is 0 Å². The number of quaternary nitrogens is 4. The minimum atomic E-state index is 1.08. The standard InChI is InChI=1S/C10H26N4/c11-5-1-2-7-13-9-4-10-14-8-3-6-12/h13-14H,1-12H2/p+4. The van der Waals surface area contributed by atoms with Crippen molar-refractivity contribution in [2.75, 3.05) is 39.3 Å². The van der Waals surface area contributed by atoms with Crippen molar-refractivity contribution in [3.63, 3.8) is 0 Å². The Morgan fingerprint density at radius 1 is 0.571 bits per heavy atom. The first-order valence-electron chi connectivity index (χ1n) is 6.13. The molecular weight excluding hydrogens is 176 g/mol. The van der Waals surface area contributed by atoms with Crippen LogP contribution in [-0.2, 0) is 0 Å². The van der Waals surface area contributed by atoms with E-state index in [9.17, 15) is 0 Å². The second-order valence-electron chi connectivity index (χ2n) is 3.85. The van der Waals surface area contributed by atoms with Crippen molar-refractivity contribution in [2.24, 2.45) is 0 Å². The fraction of sp³-hybridized carbons (Fsp3) is 1.00. The highest BCUT2D eigenvalue weighted by Crippen LogP contribution is 1.76. The summed E-state index contributed by atoms with van der Waals surface area (Å²) in [5.41, 5.74) is 7.67. The lowest BCUT2D eigenvalue weighted by Gasteiger charge is -2.00. The van der Waals surface area contributed by atoms with Gasteiger partial charge in [-0.1, -0.05) is 0 Å². The Hall–Kier alpha value is -0.160. The summed E-state index contributed by atoms with van der Waals surface area (Å²) < 4.78 is 0. The summed E-state index contributed by atoms with van der Waals surface area (Å²) in [4.78, 5) is 0. The highest BCUT2D eigenvalue weighted by atomic mass is 14.9. The van der Waals surface area contributed by atoms with Gasteiger partial charge in [0, 0.05) is 25.7 Å². The summed E-state index contributed by atoms with van der Waals surface area (Å²) in [5.74, 6) is 0. The SMILES string of the molecule is [NH3+]CCCC[NH2+]CCC[NH2+]CCC[NH3+]. The third kappa shape index (κ3) is 11.8. The fourth-order valence-corrected chi connectivity index (χ4v) is 1.45. The zero-order valence-corrected chi connectivity index (χ0v) is 9.64. The molecule has 0 bridgehead atoms. The first-order chi connectivity index (χ1) is 6.91. The van der Waals surface area contributed by atoms with Crippen LogP contribution in [0.2, 0.25) is 0 Å². The first kappa shape index (κ1) is 13.8. The topological polar surface area (TPSA) is 88.5 Å². The summed E-state index contributed by atoms with van der Waals surface area (Å²) in [5, 5.41) is 4.85. The highest BCUT2D eigenvalue weighted by molar-refractivity contribution is 4.32. The largest absolute Gasteiger partial charge is 0.358 e. The minimum absolute atomic E-state index is 1.08. The quantitative estimate of drug-likeness (QED) is 0.250. The minimum Gasteiger partial charge on any atom is -0.358 e. The Balaban J connectivity index is 2.78. The molecule has 14 heavy (non-hydrogen) atoms. The molecule has 0 aliphatic carbocycles. The van der Waals surface area contributed by atoms with Crippen molar-refractivity contribution in [1.82, 2.24) is 0 Å². The second-order valence-corrected chi connectivity index (χ2v) is 3.85. The third-order valence-corrected chi connectivity index (χ3v) is 2.38. The van der Waals surface area contributed by atoms with E-state index in [2.05, 4.69) is 22.1 Å². The lowest BCUT2D eigenvalue weighted by molar-refractivity contribution is -0.681. The van der Waals surface area contributed by atoms with E-state index in [1.165, 1.54) is 51.9 Å². The van der Waals surface area contributed by atoms with Gasteiger partial charge in [-0.25, -0.2) is 0 Å². The maximum Gasteiger partial charge on any atom is 0.0809 e. The second kappa shape index (κ2) is 12.8. The van der Waals surface area contributed by atoms with Gasteiger partial charge in [0.15, 0.2) is 0 Å². The van der Waals surface area contributed by atoms with E-state index in [4.69, 9.17) is 0 Å². The van der Waals surface area contributed by atoms with Crippen molar-refractivity contribution >= 4 is 0 Å². The van der Waals surface area contributed by atoms with Crippen molar-refractivity contribution < 1.29 is 22.1 Å². The molecule has 10 N–H and O–H groups in total. The lowest BCUT2D eigenvalue weighted by atomic mass is 10.3. The molecular formula is C10H30N4+4. The summed E-state index contributed by atoms with van der Waals surface area (Å²) in [6.07, 6.45) is 5.20. The Kier molecular flexibility index (Phi) is 12.7. The van der Waals surface area contributed by atoms with E-state index < -0.39 is 0 Å². The van der Waals surface area contributed by atoms with Gasteiger partial charge in [-0.15, -0.1) is 0 Å². The van der Waals surface area contributed by atoms with Crippen LogP contribution in [0.3, 0.4) is 0 Å². The van der Waals surface area contributed by atoms with E-state index in [0.29, 0.717) is 0 Å². The average Bonchev–Trinajstić information content (AvgIpc) is 2.21. The Morgan fingerprint density at radius 3 is 1.64 bits per heavy atom. The van der Waals surface area contributed by atoms with Gasteiger partial charge < -0.3 is 22.1 Å². The van der Waals surface area contributed by atoms with Crippen LogP contribution in [0.15, 0.2) is 0 Å². The Bertz CT molecular complexity index is 86.1. The van der Waals surface area contributed by atoms with Crippen LogP contribution >= 0.6 is 0 Å². The fourth-order valence-electron chi connectivity index (χ4n) is 1.45. The third-order valence-electron chi connectivity index (χ3n) is 2.38. The zero-order valence-electron chi connectivity index (χ0n) is 9.64. The zero-order chi connectivity index (χ0) is 10.5. The molecule has 0 fully saturated rings. The number of nitrogens with two attached hydrogens (primary N) is 2. The summed E-state index contributed by atoms with van der Waals surface area (Å²) >= 11 is 0. The molecule has 0 aromatic rings. The van der Waals surface area contributed by atoms with Crippen LogP contribution in [0.25, 0.3) is 0 Å². The molecule has 0 heterocycles. The van der Waals surface area contributed by atoms with E-state index >= 15 is 0 Å². The molecule has 0 rings (SSSR count).